The number of benzene rings is 1. The molecule has 1 aliphatic heterocycles. The smallest absolute Gasteiger partial charge is 0.225 e. The summed E-state index contributed by atoms with van der Waals surface area (Å²) in [5.74, 6) is -1.81. The molecular weight excluding hydrogens is 250 g/mol. The highest BCUT2D eigenvalue weighted by atomic mass is 19.2. The first-order chi connectivity index (χ1) is 9.00. The van der Waals surface area contributed by atoms with Crippen LogP contribution in [0.3, 0.4) is 0 Å². The Balaban J connectivity index is 2.10. The molecule has 2 unspecified atom stereocenters. The number of hydrogen-bond acceptors (Lipinski definition) is 2. The van der Waals surface area contributed by atoms with Crippen LogP contribution < -0.4 is 5.73 Å². The Morgan fingerprint density at radius 2 is 2.21 bits per heavy atom. The number of rotatable bonds is 3. The van der Waals surface area contributed by atoms with E-state index in [0.29, 0.717) is 6.54 Å². The van der Waals surface area contributed by atoms with Gasteiger partial charge in [-0.2, -0.15) is 0 Å². The lowest BCUT2D eigenvalue weighted by molar-refractivity contribution is -0.138. The molecule has 19 heavy (non-hydrogen) atoms. The number of nitrogens with zero attached hydrogens (tertiary/aromatic N) is 1. The zero-order valence-electron chi connectivity index (χ0n) is 10.9. The zero-order chi connectivity index (χ0) is 14.0. The van der Waals surface area contributed by atoms with Gasteiger partial charge in [-0.1, -0.05) is 19.1 Å². The molecule has 2 atom stereocenters. The van der Waals surface area contributed by atoms with Gasteiger partial charge in [-0.25, -0.2) is 8.78 Å². The zero-order valence-corrected chi connectivity index (χ0v) is 10.9. The quantitative estimate of drug-likeness (QED) is 0.913. The highest BCUT2D eigenvalue weighted by Gasteiger charge is 2.27. The molecular formula is C14H18F2N2O. The SMILES string of the molecule is CC1CCCN(CC(N)c2cccc(F)c2F)C1=O. The third-order valence-corrected chi connectivity index (χ3v) is 3.60. The second-order valence-corrected chi connectivity index (χ2v) is 5.08. The minimum absolute atomic E-state index is 0.0155. The number of amides is 1. The van der Waals surface area contributed by atoms with Crippen molar-refractivity contribution < 1.29 is 13.6 Å². The first-order valence-corrected chi connectivity index (χ1v) is 6.49. The van der Waals surface area contributed by atoms with E-state index in [0.717, 1.165) is 18.9 Å². The average Bonchev–Trinajstić information content (AvgIpc) is 2.38. The molecule has 0 bridgehead atoms. The Kier molecular flexibility index (Phi) is 4.14. The van der Waals surface area contributed by atoms with E-state index in [1.807, 2.05) is 6.92 Å². The predicted octanol–water partition coefficient (Wildman–Crippen LogP) is 2.22. The van der Waals surface area contributed by atoms with Crippen LogP contribution in [-0.4, -0.2) is 23.9 Å². The van der Waals surface area contributed by atoms with Crippen LogP contribution in [0.1, 0.15) is 31.4 Å². The Labute approximate surface area is 111 Å². The summed E-state index contributed by atoms with van der Waals surface area (Å²) in [6, 6.07) is 3.24. The molecule has 1 heterocycles. The normalized spacial score (nSPS) is 21.6. The molecule has 5 heteroatoms. The fraction of sp³-hybridized carbons (Fsp3) is 0.500. The van der Waals surface area contributed by atoms with Crippen LogP contribution in [0, 0.1) is 17.6 Å². The molecule has 1 fully saturated rings. The highest BCUT2D eigenvalue weighted by molar-refractivity contribution is 5.79. The third-order valence-electron chi connectivity index (χ3n) is 3.60. The summed E-state index contributed by atoms with van der Waals surface area (Å²) >= 11 is 0. The van der Waals surface area contributed by atoms with Crippen LogP contribution in [0.4, 0.5) is 8.78 Å². The van der Waals surface area contributed by atoms with Crippen LogP contribution in [0.2, 0.25) is 0 Å². The number of halogens is 2. The second kappa shape index (κ2) is 5.65. The lowest BCUT2D eigenvalue weighted by Gasteiger charge is -2.32. The van der Waals surface area contributed by atoms with E-state index >= 15 is 0 Å². The van der Waals surface area contributed by atoms with Gasteiger partial charge >= 0.3 is 0 Å². The fourth-order valence-corrected chi connectivity index (χ4v) is 2.46. The average molecular weight is 268 g/mol. The van der Waals surface area contributed by atoms with Crippen molar-refractivity contribution >= 4 is 5.91 Å². The summed E-state index contributed by atoms with van der Waals surface area (Å²) < 4.78 is 26.8. The Morgan fingerprint density at radius 1 is 1.47 bits per heavy atom. The van der Waals surface area contributed by atoms with E-state index in [-0.39, 0.29) is 23.9 Å². The van der Waals surface area contributed by atoms with Crippen LogP contribution in [0.25, 0.3) is 0 Å². The van der Waals surface area contributed by atoms with Crippen molar-refractivity contribution in [2.45, 2.75) is 25.8 Å². The molecule has 1 saturated heterocycles. The van der Waals surface area contributed by atoms with Gasteiger partial charge in [0.05, 0.1) is 6.04 Å². The maximum Gasteiger partial charge on any atom is 0.225 e. The monoisotopic (exact) mass is 268 g/mol. The van der Waals surface area contributed by atoms with Crippen molar-refractivity contribution in [3.8, 4) is 0 Å². The molecule has 1 aliphatic rings. The van der Waals surface area contributed by atoms with Crippen LogP contribution in [0.15, 0.2) is 18.2 Å². The molecule has 0 aliphatic carbocycles. The first kappa shape index (κ1) is 13.9. The van der Waals surface area contributed by atoms with E-state index in [9.17, 15) is 13.6 Å². The minimum atomic E-state index is -0.924. The van der Waals surface area contributed by atoms with E-state index in [1.165, 1.54) is 12.1 Å². The summed E-state index contributed by atoms with van der Waals surface area (Å²) in [7, 11) is 0. The van der Waals surface area contributed by atoms with E-state index in [2.05, 4.69) is 0 Å². The maximum absolute atomic E-state index is 13.6. The molecule has 0 aromatic heterocycles. The number of carbonyl (C=O) groups excluding carboxylic acids is 1. The predicted molar refractivity (Wildman–Crippen MR) is 68.3 cm³/mol. The van der Waals surface area contributed by atoms with E-state index in [4.69, 9.17) is 5.73 Å². The molecule has 2 rings (SSSR count). The van der Waals surface area contributed by atoms with Gasteiger partial charge in [-0.15, -0.1) is 0 Å². The van der Waals surface area contributed by atoms with Gasteiger partial charge in [0.25, 0.3) is 0 Å². The molecule has 1 aromatic rings. The van der Waals surface area contributed by atoms with E-state index in [1.54, 1.807) is 4.90 Å². The lowest BCUT2D eigenvalue weighted by atomic mass is 9.97. The standard InChI is InChI=1S/C14H18F2N2O/c1-9-4-3-7-18(14(9)19)8-12(17)10-5-2-6-11(15)13(10)16/h2,5-6,9,12H,3-4,7-8,17H2,1H3. The molecule has 1 aromatic carbocycles. The number of likely N-dealkylation sites (tertiary alicyclic amines) is 1. The third kappa shape index (κ3) is 2.92. The molecule has 1 amide bonds. The lowest BCUT2D eigenvalue weighted by Crippen LogP contribution is -2.43. The molecule has 0 spiro atoms. The summed E-state index contributed by atoms with van der Waals surface area (Å²) in [6.45, 7) is 2.74. The maximum atomic E-state index is 13.6. The van der Waals surface area contributed by atoms with Crippen molar-refractivity contribution in [1.29, 1.82) is 0 Å². The Bertz CT molecular complexity index is 479. The molecule has 0 radical (unpaired) electrons. The molecule has 2 N–H and O–H groups in total. The van der Waals surface area contributed by atoms with Gasteiger partial charge in [-0.05, 0) is 18.9 Å². The van der Waals surface area contributed by atoms with E-state index < -0.39 is 17.7 Å². The van der Waals surface area contributed by atoms with Crippen molar-refractivity contribution in [2.75, 3.05) is 13.1 Å². The summed E-state index contributed by atoms with van der Waals surface area (Å²) in [5, 5.41) is 0. The van der Waals surface area contributed by atoms with Gasteiger partial charge in [0.2, 0.25) is 5.91 Å². The van der Waals surface area contributed by atoms with Crippen molar-refractivity contribution in [3.63, 3.8) is 0 Å². The van der Waals surface area contributed by atoms with Crippen molar-refractivity contribution in [3.05, 3.63) is 35.4 Å². The van der Waals surface area contributed by atoms with Gasteiger partial charge < -0.3 is 10.6 Å². The number of nitrogens with two attached hydrogens (primary N) is 1. The van der Waals surface area contributed by atoms with Gasteiger partial charge in [0, 0.05) is 24.6 Å². The van der Waals surface area contributed by atoms with Gasteiger partial charge in [0.15, 0.2) is 11.6 Å². The van der Waals surface area contributed by atoms with Crippen LogP contribution >= 0.6 is 0 Å². The van der Waals surface area contributed by atoms with Gasteiger partial charge in [0.1, 0.15) is 0 Å². The van der Waals surface area contributed by atoms with Crippen molar-refractivity contribution in [1.82, 2.24) is 4.90 Å². The highest BCUT2D eigenvalue weighted by Crippen LogP contribution is 2.22. The second-order valence-electron chi connectivity index (χ2n) is 5.08. The number of carbonyl (C=O) groups is 1. The van der Waals surface area contributed by atoms with Crippen LogP contribution in [-0.2, 0) is 4.79 Å². The summed E-state index contributed by atoms with van der Waals surface area (Å²) in [4.78, 5) is 13.6. The Hall–Kier alpha value is -1.49. The number of piperidine rings is 1. The minimum Gasteiger partial charge on any atom is -0.341 e. The Morgan fingerprint density at radius 3 is 2.95 bits per heavy atom. The summed E-state index contributed by atoms with van der Waals surface area (Å²) in [5.41, 5.74) is 6.02. The van der Waals surface area contributed by atoms with Crippen molar-refractivity contribution in [2.24, 2.45) is 11.7 Å². The van der Waals surface area contributed by atoms with Gasteiger partial charge in [-0.3, -0.25) is 4.79 Å². The fourth-order valence-electron chi connectivity index (χ4n) is 2.46. The largest absolute Gasteiger partial charge is 0.341 e. The molecule has 0 saturated carbocycles. The number of hydrogen-bond donors (Lipinski definition) is 1. The first-order valence-electron chi connectivity index (χ1n) is 6.49. The molecule has 3 nitrogen and oxygen atoms in total. The topological polar surface area (TPSA) is 46.3 Å². The summed E-state index contributed by atoms with van der Waals surface area (Å²) in [6.07, 6.45) is 1.80. The van der Waals surface area contributed by atoms with Crippen LogP contribution in [0.5, 0.6) is 0 Å². The molecule has 104 valence electrons.